The van der Waals surface area contributed by atoms with Gasteiger partial charge in [-0.3, -0.25) is 4.57 Å². The monoisotopic (exact) mass is 336 g/mol. The minimum Gasteiger partial charge on any atom is -0.508 e. The van der Waals surface area contributed by atoms with Crippen LogP contribution in [0.4, 0.5) is 5.95 Å². The number of aromatic nitrogens is 3. The molecule has 25 heavy (non-hydrogen) atoms. The van der Waals surface area contributed by atoms with Crippen LogP contribution in [-0.2, 0) is 5.41 Å². The van der Waals surface area contributed by atoms with E-state index in [0.717, 1.165) is 17.1 Å². The molecular formula is C20H24N4O. The first-order valence-electron chi connectivity index (χ1n) is 8.30. The number of anilines is 1. The van der Waals surface area contributed by atoms with E-state index in [2.05, 4.69) is 55.2 Å². The maximum atomic E-state index is 9.86. The van der Waals surface area contributed by atoms with E-state index in [1.54, 1.807) is 12.1 Å². The van der Waals surface area contributed by atoms with Gasteiger partial charge >= 0.3 is 0 Å². The Morgan fingerprint density at radius 3 is 2.20 bits per heavy atom. The van der Waals surface area contributed by atoms with Crippen LogP contribution in [-0.4, -0.2) is 34.0 Å². The summed E-state index contributed by atoms with van der Waals surface area (Å²) < 4.78 is 1.95. The first kappa shape index (κ1) is 17.0. The third-order valence-corrected chi connectivity index (χ3v) is 4.14. The number of hydrogen-bond donors (Lipinski definition) is 1. The molecule has 130 valence electrons. The maximum Gasteiger partial charge on any atom is 0.231 e. The fourth-order valence-electron chi connectivity index (χ4n) is 2.74. The third-order valence-electron chi connectivity index (χ3n) is 4.14. The number of rotatable bonds is 3. The summed E-state index contributed by atoms with van der Waals surface area (Å²) in [6, 6.07) is 15.5. The Hall–Kier alpha value is -2.82. The van der Waals surface area contributed by atoms with Gasteiger partial charge in [-0.1, -0.05) is 51.1 Å². The largest absolute Gasteiger partial charge is 0.508 e. The molecule has 0 bridgehead atoms. The maximum absolute atomic E-state index is 9.86. The molecule has 2 aromatic carbocycles. The minimum absolute atomic E-state index is 0.103. The molecule has 0 saturated heterocycles. The lowest BCUT2D eigenvalue weighted by atomic mass is 9.87. The van der Waals surface area contributed by atoms with E-state index in [1.165, 1.54) is 5.56 Å². The van der Waals surface area contributed by atoms with Crippen molar-refractivity contribution in [3.63, 3.8) is 0 Å². The summed E-state index contributed by atoms with van der Waals surface area (Å²) in [6.07, 6.45) is 0. The Morgan fingerprint density at radius 1 is 0.960 bits per heavy atom. The molecule has 0 unspecified atom stereocenters. The van der Waals surface area contributed by atoms with Crippen molar-refractivity contribution in [2.75, 3.05) is 19.0 Å². The van der Waals surface area contributed by atoms with Crippen molar-refractivity contribution in [2.24, 2.45) is 0 Å². The molecule has 0 radical (unpaired) electrons. The molecule has 0 amide bonds. The van der Waals surface area contributed by atoms with E-state index >= 15 is 0 Å². The number of phenolic OH excluding ortho intramolecular Hbond substituents is 1. The summed E-state index contributed by atoms with van der Waals surface area (Å²) in [5.41, 5.74) is 3.18. The fraction of sp³-hybridized carbons (Fsp3) is 0.300. The van der Waals surface area contributed by atoms with Crippen LogP contribution in [0.25, 0.3) is 17.1 Å². The summed E-state index contributed by atoms with van der Waals surface area (Å²) in [4.78, 5) is 1.91. The molecule has 3 aromatic rings. The molecule has 5 heteroatoms. The molecule has 1 N–H and O–H groups in total. The van der Waals surface area contributed by atoms with Crippen LogP contribution >= 0.6 is 0 Å². The van der Waals surface area contributed by atoms with Crippen LogP contribution in [0.1, 0.15) is 26.3 Å². The standard InChI is InChI=1S/C20H24N4O/c1-20(2,3)15-11-9-14(10-12-15)18-21-22-19(23(4)5)24(18)16-7-6-8-17(25)13-16/h6-13,25H,1-5H3. The van der Waals surface area contributed by atoms with Gasteiger partial charge in [-0.2, -0.15) is 0 Å². The zero-order valence-electron chi connectivity index (χ0n) is 15.4. The molecule has 0 saturated carbocycles. The van der Waals surface area contributed by atoms with Gasteiger partial charge in [0.1, 0.15) is 5.75 Å². The molecule has 1 heterocycles. The lowest BCUT2D eigenvalue weighted by Gasteiger charge is -2.19. The van der Waals surface area contributed by atoms with E-state index < -0.39 is 0 Å². The number of phenols is 1. The molecular weight excluding hydrogens is 312 g/mol. The number of benzene rings is 2. The summed E-state index contributed by atoms with van der Waals surface area (Å²) in [5, 5.41) is 18.6. The molecule has 1 aromatic heterocycles. The second kappa shape index (κ2) is 6.24. The number of nitrogens with zero attached hydrogens (tertiary/aromatic N) is 4. The van der Waals surface area contributed by atoms with Crippen molar-refractivity contribution < 1.29 is 5.11 Å². The van der Waals surface area contributed by atoms with E-state index in [-0.39, 0.29) is 11.2 Å². The smallest absolute Gasteiger partial charge is 0.231 e. The first-order chi connectivity index (χ1) is 11.8. The highest BCUT2D eigenvalue weighted by Gasteiger charge is 2.19. The number of hydrogen-bond acceptors (Lipinski definition) is 4. The molecule has 0 aliphatic rings. The quantitative estimate of drug-likeness (QED) is 0.785. The lowest BCUT2D eigenvalue weighted by Crippen LogP contribution is -2.15. The molecule has 0 aliphatic carbocycles. The summed E-state index contributed by atoms with van der Waals surface area (Å²) >= 11 is 0. The van der Waals surface area contributed by atoms with E-state index in [0.29, 0.717) is 5.95 Å². The third kappa shape index (κ3) is 3.36. The average Bonchev–Trinajstić information content (AvgIpc) is 2.99. The Kier molecular flexibility index (Phi) is 4.25. The van der Waals surface area contributed by atoms with Gasteiger partial charge in [0, 0.05) is 25.7 Å². The second-order valence-electron chi connectivity index (χ2n) is 7.40. The second-order valence-corrected chi connectivity index (χ2v) is 7.40. The predicted molar refractivity (Wildman–Crippen MR) is 101 cm³/mol. The van der Waals surface area contributed by atoms with Crippen LogP contribution in [0.2, 0.25) is 0 Å². The Balaban J connectivity index is 2.14. The van der Waals surface area contributed by atoms with Crippen molar-refractivity contribution in [2.45, 2.75) is 26.2 Å². The van der Waals surface area contributed by atoms with Gasteiger partial charge in [0.25, 0.3) is 0 Å². The zero-order valence-corrected chi connectivity index (χ0v) is 15.4. The molecule has 0 atom stereocenters. The van der Waals surface area contributed by atoms with Gasteiger partial charge in [-0.05, 0) is 23.1 Å². The van der Waals surface area contributed by atoms with Gasteiger partial charge in [-0.15, -0.1) is 10.2 Å². The van der Waals surface area contributed by atoms with Crippen molar-refractivity contribution in [1.82, 2.24) is 14.8 Å². The predicted octanol–water partition coefficient (Wildman–Crippen LogP) is 4.00. The normalized spacial score (nSPS) is 11.6. The Labute approximate surface area is 148 Å². The van der Waals surface area contributed by atoms with Gasteiger partial charge in [0.2, 0.25) is 5.95 Å². The highest BCUT2D eigenvalue weighted by atomic mass is 16.3. The van der Waals surface area contributed by atoms with Crippen molar-refractivity contribution >= 4 is 5.95 Å². The lowest BCUT2D eigenvalue weighted by molar-refractivity contribution is 0.475. The van der Waals surface area contributed by atoms with Crippen LogP contribution in [0.15, 0.2) is 48.5 Å². The van der Waals surface area contributed by atoms with Crippen molar-refractivity contribution in [1.29, 1.82) is 0 Å². The fourth-order valence-corrected chi connectivity index (χ4v) is 2.74. The van der Waals surface area contributed by atoms with Crippen LogP contribution in [0.5, 0.6) is 5.75 Å². The summed E-state index contributed by atoms with van der Waals surface area (Å²) in [5.74, 6) is 1.67. The van der Waals surface area contributed by atoms with Gasteiger partial charge in [0.15, 0.2) is 5.82 Å². The molecule has 3 rings (SSSR count). The Bertz CT molecular complexity index is 873. The molecule has 5 nitrogen and oxygen atoms in total. The number of aromatic hydroxyl groups is 1. The van der Waals surface area contributed by atoms with Crippen molar-refractivity contribution in [3.8, 4) is 22.8 Å². The van der Waals surface area contributed by atoms with E-state index in [1.807, 2.05) is 35.7 Å². The zero-order chi connectivity index (χ0) is 18.2. The van der Waals surface area contributed by atoms with E-state index in [4.69, 9.17) is 0 Å². The summed E-state index contributed by atoms with van der Waals surface area (Å²) in [7, 11) is 3.85. The first-order valence-corrected chi connectivity index (χ1v) is 8.30. The van der Waals surface area contributed by atoms with E-state index in [9.17, 15) is 5.11 Å². The van der Waals surface area contributed by atoms with Gasteiger partial charge < -0.3 is 10.0 Å². The SMILES string of the molecule is CN(C)c1nnc(-c2ccc(C(C)(C)C)cc2)n1-c1cccc(O)c1. The minimum atomic E-state index is 0.103. The van der Waals surface area contributed by atoms with Crippen molar-refractivity contribution in [3.05, 3.63) is 54.1 Å². The molecule has 0 spiro atoms. The van der Waals surface area contributed by atoms with Gasteiger partial charge in [-0.25, -0.2) is 0 Å². The highest BCUT2D eigenvalue weighted by molar-refractivity contribution is 5.63. The topological polar surface area (TPSA) is 54.2 Å². The Morgan fingerprint density at radius 2 is 1.64 bits per heavy atom. The molecule has 0 aliphatic heterocycles. The van der Waals surface area contributed by atoms with Crippen LogP contribution < -0.4 is 4.90 Å². The average molecular weight is 336 g/mol. The highest BCUT2D eigenvalue weighted by Crippen LogP contribution is 2.30. The van der Waals surface area contributed by atoms with Gasteiger partial charge in [0.05, 0.1) is 5.69 Å². The van der Waals surface area contributed by atoms with Crippen LogP contribution in [0.3, 0.4) is 0 Å². The molecule has 0 fully saturated rings. The summed E-state index contributed by atoms with van der Waals surface area (Å²) in [6.45, 7) is 6.59. The van der Waals surface area contributed by atoms with Crippen LogP contribution in [0, 0.1) is 0 Å².